The number of unbranched alkanes of at least 4 members (excludes halogenated alkanes) is 5. The van der Waals surface area contributed by atoms with Gasteiger partial charge in [0.25, 0.3) is 0 Å². The fraction of sp³-hybridized carbons (Fsp3) is 0.938. The summed E-state index contributed by atoms with van der Waals surface area (Å²) in [5.74, 6) is 0.121. The fourth-order valence-electron chi connectivity index (χ4n) is 2.47. The lowest BCUT2D eigenvalue weighted by Gasteiger charge is -2.24. The van der Waals surface area contributed by atoms with E-state index < -0.39 is 6.10 Å². The Kier molecular flexibility index (Phi) is 10.5. The molecule has 1 fully saturated rings. The van der Waals surface area contributed by atoms with Crippen molar-refractivity contribution in [3.63, 3.8) is 0 Å². The lowest BCUT2D eigenvalue weighted by atomic mass is 10.1. The SMILES string of the molecule is CCCCCCCCOCC(O)CNC1CCC(=O)NC1. The first-order valence-corrected chi connectivity index (χ1v) is 8.48. The smallest absolute Gasteiger partial charge is 0.220 e. The van der Waals surface area contributed by atoms with Gasteiger partial charge in [0.2, 0.25) is 5.91 Å². The maximum atomic E-state index is 11.0. The molecule has 1 heterocycles. The highest BCUT2D eigenvalue weighted by Crippen LogP contribution is 2.05. The zero-order valence-corrected chi connectivity index (χ0v) is 13.4. The standard InChI is InChI=1S/C16H32N2O3/c1-2-3-4-5-6-7-10-21-13-15(19)12-17-14-8-9-16(20)18-11-14/h14-15,17,19H,2-13H2,1H3,(H,18,20). The van der Waals surface area contributed by atoms with Crippen molar-refractivity contribution in [1.82, 2.24) is 10.6 Å². The normalized spacial score (nSPS) is 20.3. The molecule has 0 bridgehead atoms. The average Bonchev–Trinajstić information content (AvgIpc) is 2.49. The first-order chi connectivity index (χ1) is 10.2. The van der Waals surface area contributed by atoms with Gasteiger partial charge in [-0.3, -0.25) is 4.79 Å². The number of piperidine rings is 1. The molecule has 1 saturated heterocycles. The van der Waals surface area contributed by atoms with E-state index in [1.165, 1.54) is 32.1 Å². The quantitative estimate of drug-likeness (QED) is 0.479. The highest BCUT2D eigenvalue weighted by atomic mass is 16.5. The second kappa shape index (κ2) is 12.0. The van der Waals surface area contributed by atoms with E-state index in [0.717, 1.165) is 19.4 Å². The first-order valence-electron chi connectivity index (χ1n) is 8.48. The molecule has 0 saturated carbocycles. The highest BCUT2D eigenvalue weighted by Gasteiger charge is 2.18. The third-order valence-electron chi connectivity index (χ3n) is 3.86. The molecule has 0 aliphatic carbocycles. The van der Waals surface area contributed by atoms with E-state index in [1.54, 1.807) is 0 Å². The number of ether oxygens (including phenoxy) is 1. The Balaban J connectivity index is 1.87. The van der Waals surface area contributed by atoms with Gasteiger partial charge in [-0.25, -0.2) is 0 Å². The van der Waals surface area contributed by atoms with Crippen LogP contribution in [0.2, 0.25) is 0 Å². The van der Waals surface area contributed by atoms with E-state index in [2.05, 4.69) is 17.6 Å². The number of hydrogen-bond acceptors (Lipinski definition) is 4. The number of hydrogen-bond donors (Lipinski definition) is 3. The van der Waals surface area contributed by atoms with E-state index in [1.807, 2.05) is 0 Å². The minimum Gasteiger partial charge on any atom is -0.389 e. The van der Waals surface area contributed by atoms with Crippen LogP contribution < -0.4 is 10.6 Å². The minimum absolute atomic E-state index is 0.121. The van der Waals surface area contributed by atoms with Gasteiger partial charge < -0.3 is 20.5 Å². The monoisotopic (exact) mass is 300 g/mol. The molecule has 0 spiro atoms. The molecule has 1 aliphatic rings. The molecule has 1 amide bonds. The molecular weight excluding hydrogens is 268 g/mol. The van der Waals surface area contributed by atoms with Gasteiger partial charge in [0, 0.05) is 32.2 Å². The Morgan fingerprint density at radius 2 is 2.10 bits per heavy atom. The molecule has 0 aromatic carbocycles. The second-order valence-corrected chi connectivity index (χ2v) is 5.94. The maximum absolute atomic E-state index is 11.0. The van der Waals surface area contributed by atoms with E-state index in [4.69, 9.17) is 4.74 Å². The van der Waals surface area contributed by atoms with Crippen LogP contribution in [-0.4, -0.2) is 49.5 Å². The van der Waals surface area contributed by atoms with Gasteiger partial charge in [-0.15, -0.1) is 0 Å². The Morgan fingerprint density at radius 3 is 2.81 bits per heavy atom. The van der Waals surface area contributed by atoms with Gasteiger partial charge >= 0.3 is 0 Å². The summed E-state index contributed by atoms with van der Waals surface area (Å²) in [5, 5.41) is 15.9. The Bertz CT molecular complexity index is 264. The van der Waals surface area contributed by atoms with Gasteiger partial charge in [-0.2, -0.15) is 0 Å². The molecule has 5 heteroatoms. The number of carbonyl (C=O) groups excluding carboxylic acids is 1. The van der Waals surface area contributed by atoms with Crippen LogP contribution in [0.4, 0.5) is 0 Å². The third kappa shape index (κ3) is 9.82. The van der Waals surface area contributed by atoms with E-state index in [-0.39, 0.29) is 11.9 Å². The van der Waals surface area contributed by atoms with Crippen LogP contribution in [0.25, 0.3) is 0 Å². The second-order valence-electron chi connectivity index (χ2n) is 5.94. The summed E-state index contributed by atoms with van der Waals surface area (Å²) in [4.78, 5) is 11.0. The molecule has 5 nitrogen and oxygen atoms in total. The van der Waals surface area contributed by atoms with Crippen molar-refractivity contribution >= 4 is 5.91 Å². The van der Waals surface area contributed by atoms with Crippen molar-refractivity contribution < 1.29 is 14.6 Å². The lowest BCUT2D eigenvalue weighted by Crippen LogP contribution is -2.48. The zero-order chi connectivity index (χ0) is 15.3. The average molecular weight is 300 g/mol. The number of amides is 1. The van der Waals surface area contributed by atoms with Crippen molar-refractivity contribution in [2.24, 2.45) is 0 Å². The predicted molar refractivity (Wildman–Crippen MR) is 84.2 cm³/mol. The maximum Gasteiger partial charge on any atom is 0.220 e. The number of rotatable bonds is 12. The summed E-state index contributed by atoms with van der Waals surface area (Å²) < 4.78 is 5.50. The minimum atomic E-state index is -0.470. The molecule has 21 heavy (non-hydrogen) atoms. The van der Waals surface area contributed by atoms with E-state index in [9.17, 15) is 9.90 Å². The Labute approximate surface area is 128 Å². The Morgan fingerprint density at radius 1 is 1.33 bits per heavy atom. The molecular formula is C16H32N2O3. The number of aliphatic hydroxyl groups excluding tert-OH is 1. The van der Waals surface area contributed by atoms with Crippen molar-refractivity contribution in [3.8, 4) is 0 Å². The molecule has 1 rings (SSSR count). The number of aliphatic hydroxyl groups is 1. The summed E-state index contributed by atoms with van der Waals surface area (Å²) in [6, 6.07) is 0.274. The van der Waals surface area contributed by atoms with E-state index in [0.29, 0.717) is 26.1 Å². The lowest BCUT2D eigenvalue weighted by molar-refractivity contribution is -0.122. The van der Waals surface area contributed by atoms with Crippen molar-refractivity contribution in [3.05, 3.63) is 0 Å². The number of nitrogens with one attached hydrogen (secondary N) is 2. The summed E-state index contributed by atoms with van der Waals surface area (Å²) >= 11 is 0. The zero-order valence-electron chi connectivity index (χ0n) is 13.4. The highest BCUT2D eigenvalue weighted by molar-refractivity contribution is 5.76. The molecule has 2 atom stereocenters. The molecule has 1 aliphatic heterocycles. The van der Waals surface area contributed by atoms with Crippen LogP contribution in [0.3, 0.4) is 0 Å². The molecule has 0 radical (unpaired) electrons. The van der Waals surface area contributed by atoms with Gasteiger partial charge in [0.15, 0.2) is 0 Å². The van der Waals surface area contributed by atoms with Gasteiger partial charge in [-0.05, 0) is 12.8 Å². The molecule has 2 unspecified atom stereocenters. The summed E-state index contributed by atoms with van der Waals surface area (Å²) in [6.45, 7) is 4.53. The van der Waals surface area contributed by atoms with Gasteiger partial charge in [0.05, 0.1) is 12.7 Å². The van der Waals surface area contributed by atoms with E-state index >= 15 is 0 Å². The molecule has 0 aromatic heterocycles. The predicted octanol–water partition coefficient (Wildman–Crippen LogP) is 1.59. The topological polar surface area (TPSA) is 70.6 Å². The number of carbonyl (C=O) groups is 1. The molecule has 124 valence electrons. The van der Waals surface area contributed by atoms with Crippen molar-refractivity contribution in [2.45, 2.75) is 70.4 Å². The van der Waals surface area contributed by atoms with Crippen LogP contribution in [-0.2, 0) is 9.53 Å². The van der Waals surface area contributed by atoms with Gasteiger partial charge in [0.1, 0.15) is 0 Å². The Hall–Kier alpha value is -0.650. The summed E-state index contributed by atoms with van der Waals surface area (Å²) in [7, 11) is 0. The van der Waals surface area contributed by atoms with Crippen LogP contribution in [0.15, 0.2) is 0 Å². The van der Waals surface area contributed by atoms with Gasteiger partial charge in [-0.1, -0.05) is 39.0 Å². The fourth-order valence-corrected chi connectivity index (χ4v) is 2.47. The largest absolute Gasteiger partial charge is 0.389 e. The van der Waals surface area contributed by atoms with Crippen LogP contribution in [0.1, 0.15) is 58.3 Å². The summed E-state index contributed by atoms with van der Waals surface area (Å²) in [6.07, 6.45) is 8.46. The first kappa shape index (κ1) is 18.4. The van der Waals surface area contributed by atoms with Crippen LogP contribution >= 0.6 is 0 Å². The van der Waals surface area contributed by atoms with Crippen LogP contribution in [0.5, 0.6) is 0 Å². The summed E-state index contributed by atoms with van der Waals surface area (Å²) in [5.41, 5.74) is 0. The van der Waals surface area contributed by atoms with Crippen molar-refractivity contribution in [1.29, 1.82) is 0 Å². The molecule has 0 aromatic rings. The van der Waals surface area contributed by atoms with Crippen molar-refractivity contribution in [2.75, 3.05) is 26.3 Å². The van der Waals surface area contributed by atoms with Crippen LogP contribution in [0, 0.1) is 0 Å². The third-order valence-corrected chi connectivity index (χ3v) is 3.86. The molecule has 3 N–H and O–H groups in total.